The minimum atomic E-state index is -0.603. The molecule has 99 valence electrons. The Kier molecular flexibility index (Phi) is 6.02. The van der Waals surface area contributed by atoms with Gasteiger partial charge in [0.15, 0.2) is 0 Å². The van der Waals surface area contributed by atoms with Crippen LogP contribution in [0.25, 0.3) is 6.08 Å². The number of amides is 3. The Morgan fingerprint density at radius 2 is 2.00 bits per heavy atom. The Morgan fingerprint density at radius 1 is 1.32 bits per heavy atom. The number of hydrogen-bond donors (Lipinski definition) is 1. The van der Waals surface area contributed by atoms with Gasteiger partial charge in [0.25, 0.3) is 5.91 Å². The van der Waals surface area contributed by atoms with Crippen LogP contribution in [0.2, 0.25) is 0 Å². The van der Waals surface area contributed by atoms with Crippen LogP contribution in [0.15, 0.2) is 36.4 Å². The van der Waals surface area contributed by atoms with E-state index in [2.05, 4.69) is 5.32 Å². The molecular weight excluding hydrogens is 244 g/mol. The number of hydrogen-bond acceptors (Lipinski definition) is 3. The number of rotatable bonds is 5. The second-order valence-electron chi connectivity index (χ2n) is 3.65. The smallest absolute Gasteiger partial charge is 0.324 e. The van der Waals surface area contributed by atoms with E-state index in [1.807, 2.05) is 30.3 Å². The summed E-state index contributed by atoms with van der Waals surface area (Å²) in [5.74, 6) is -0.557. The standard InChI is InChI=1S/C14H15N2O3/c1-2-15-14(19)16(10-11-17)13(18)9-8-12-6-4-3-5-7-12/h3-9H,2,10H2,1H3,(H,15,19)/b9-8+. The maximum Gasteiger partial charge on any atom is 0.324 e. The Labute approximate surface area is 111 Å². The lowest BCUT2D eigenvalue weighted by molar-refractivity contribution is -0.122. The van der Waals surface area contributed by atoms with Crippen molar-refractivity contribution >= 4 is 24.3 Å². The molecular formula is C14H15N2O3. The van der Waals surface area contributed by atoms with Crippen molar-refractivity contribution in [3.05, 3.63) is 42.0 Å². The van der Waals surface area contributed by atoms with E-state index in [-0.39, 0.29) is 6.54 Å². The highest BCUT2D eigenvalue weighted by molar-refractivity contribution is 6.03. The van der Waals surface area contributed by atoms with E-state index < -0.39 is 11.9 Å². The zero-order valence-electron chi connectivity index (χ0n) is 10.6. The SMILES string of the molecule is CCNC(=O)N(C[C]=O)C(=O)/C=C/c1ccccc1. The van der Waals surface area contributed by atoms with E-state index in [1.165, 1.54) is 6.08 Å². The molecule has 5 nitrogen and oxygen atoms in total. The summed E-state index contributed by atoms with van der Waals surface area (Å²) < 4.78 is 0. The summed E-state index contributed by atoms with van der Waals surface area (Å²) in [4.78, 5) is 34.6. The molecule has 0 aliphatic carbocycles. The maximum atomic E-state index is 11.8. The largest absolute Gasteiger partial charge is 0.338 e. The van der Waals surface area contributed by atoms with Gasteiger partial charge in [0.2, 0.25) is 6.29 Å². The second-order valence-corrected chi connectivity index (χ2v) is 3.65. The lowest BCUT2D eigenvalue weighted by Gasteiger charge is -2.16. The first-order valence-corrected chi connectivity index (χ1v) is 5.86. The minimum Gasteiger partial charge on any atom is -0.338 e. The highest BCUT2D eigenvalue weighted by atomic mass is 16.2. The fourth-order valence-corrected chi connectivity index (χ4v) is 1.38. The Balaban J connectivity index is 2.74. The van der Waals surface area contributed by atoms with Gasteiger partial charge in [-0.15, -0.1) is 0 Å². The van der Waals surface area contributed by atoms with Crippen molar-refractivity contribution in [1.82, 2.24) is 10.2 Å². The zero-order valence-corrected chi connectivity index (χ0v) is 10.6. The molecule has 19 heavy (non-hydrogen) atoms. The van der Waals surface area contributed by atoms with Crippen LogP contribution in [0, 0.1) is 0 Å². The van der Waals surface area contributed by atoms with Crippen LogP contribution >= 0.6 is 0 Å². The highest BCUT2D eigenvalue weighted by Gasteiger charge is 2.18. The number of carbonyl (C=O) groups excluding carboxylic acids is 3. The molecule has 1 aromatic rings. The van der Waals surface area contributed by atoms with Crippen molar-refractivity contribution in [3.63, 3.8) is 0 Å². The molecule has 0 atom stereocenters. The van der Waals surface area contributed by atoms with Gasteiger partial charge in [-0.1, -0.05) is 30.3 Å². The maximum absolute atomic E-state index is 11.8. The van der Waals surface area contributed by atoms with Crippen molar-refractivity contribution in [1.29, 1.82) is 0 Å². The number of nitrogens with zero attached hydrogens (tertiary/aromatic N) is 1. The van der Waals surface area contributed by atoms with Gasteiger partial charge >= 0.3 is 6.03 Å². The third-order valence-electron chi connectivity index (χ3n) is 2.28. The molecule has 0 bridgehead atoms. The Hall–Kier alpha value is -2.43. The first kappa shape index (κ1) is 14.6. The van der Waals surface area contributed by atoms with Crippen molar-refractivity contribution in [3.8, 4) is 0 Å². The van der Waals surface area contributed by atoms with Crippen LogP contribution in [0.4, 0.5) is 4.79 Å². The fraction of sp³-hybridized carbons (Fsp3) is 0.214. The molecule has 0 heterocycles. The number of nitrogens with one attached hydrogen (secondary N) is 1. The van der Waals surface area contributed by atoms with E-state index in [0.29, 0.717) is 6.54 Å². The normalized spacial score (nSPS) is 10.2. The molecule has 0 unspecified atom stereocenters. The monoisotopic (exact) mass is 259 g/mol. The van der Waals surface area contributed by atoms with Crippen molar-refractivity contribution in [2.45, 2.75) is 6.92 Å². The molecule has 1 rings (SSSR count). The molecule has 3 amide bonds. The topological polar surface area (TPSA) is 66.5 Å². The molecule has 0 spiro atoms. The first-order chi connectivity index (χ1) is 9.19. The van der Waals surface area contributed by atoms with Crippen molar-refractivity contribution < 1.29 is 14.4 Å². The van der Waals surface area contributed by atoms with E-state index in [1.54, 1.807) is 19.3 Å². The molecule has 1 aromatic carbocycles. The number of benzene rings is 1. The molecule has 1 radical (unpaired) electrons. The van der Waals surface area contributed by atoms with Crippen molar-refractivity contribution in [2.24, 2.45) is 0 Å². The van der Waals surface area contributed by atoms with Crippen LogP contribution in [-0.4, -0.2) is 36.2 Å². The number of imide groups is 1. The molecule has 0 aliphatic heterocycles. The van der Waals surface area contributed by atoms with Gasteiger partial charge in [-0.2, -0.15) is 0 Å². The molecule has 5 heteroatoms. The first-order valence-electron chi connectivity index (χ1n) is 5.86. The van der Waals surface area contributed by atoms with Crippen LogP contribution < -0.4 is 5.32 Å². The molecule has 0 fully saturated rings. The molecule has 0 aromatic heterocycles. The fourth-order valence-electron chi connectivity index (χ4n) is 1.38. The third-order valence-corrected chi connectivity index (χ3v) is 2.28. The van der Waals surface area contributed by atoms with Gasteiger partial charge in [-0.3, -0.25) is 14.5 Å². The van der Waals surface area contributed by atoms with Gasteiger partial charge in [0.05, 0.1) is 6.54 Å². The summed E-state index contributed by atoms with van der Waals surface area (Å²) in [5.41, 5.74) is 0.835. The quantitative estimate of drug-likeness (QED) is 0.812. The van der Waals surface area contributed by atoms with Crippen LogP contribution in [0.3, 0.4) is 0 Å². The lowest BCUT2D eigenvalue weighted by Crippen LogP contribution is -2.43. The lowest BCUT2D eigenvalue weighted by atomic mass is 10.2. The van der Waals surface area contributed by atoms with E-state index in [4.69, 9.17) is 0 Å². The van der Waals surface area contributed by atoms with Gasteiger partial charge in [0.1, 0.15) is 0 Å². The van der Waals surface area contributed by atoms with Crippen LogP contribution in [0.1, 0.15) is 12.5 Å². The van der Waals surface area contributed by atoms with E-state index >= 15 is 0 Å². The number of carbonyl (C=O) groups is 2. The Morgan fingerprint density at radius 3 is 2.58 bits per heavy atom. The average molecular weight is 259 g/mol. The summed E-state index contributed by atoms with van der Waals surface area (Å²) in [6.07, 6.45) is 4.38. The second kappa shape index (κ2) is 7.81. The Bertz CT molecular complexity index is 469. The van der Waals surface area contributed by atoms with E-state index in [9.17, 15) is 14.4 Å². The minimum absolute atomic E-state index is 0.379. The highest BCUT2D eigenvalue weighted by Crippen LogP contribution is 2.02. The zero-order chi connectivity index (χ0) is 14.1. The summed E-state index contributed by atoms with van der Waals surface area (Å²) in [7, 11) is 0. The van der Waals surface area contributed by atoms with Gasteiger partial charge in [-0.05, 0) is 18.6 Å². The summed E-state index contributed by atoms with van der Waals surface area (Å²) in [6, 6.07) is 8.59. The molecule has 0 saturated carbocycles. The average Bonchev–Trinajstić information content (AvgIpc) is 2.43. The van der Waals surface area contributed by atoms with E-state index in [0.717, 1.165) is 10.5 Å². The summed E-state index contributed by atoms with van der Waals surface area (Å²) in [5, 5.41) is 2.46. The molecule has 0 aliphatic rings. The van der Waals surface area contributed by atoms with Crippen LogP contribution in [0.5, 0.6) is 0 Å². The predicted molar refractivity (Wildman–Crippen MR) is 72.0 cm³/mol. The molecule has 0 saturated heterocycles. The third kappa shape index (κ3) is 4.75. The van der Waals surface area contributed by atoms with Crippen LogP contribution in [-0.2, 0) is 9.59 Å². The molecule has 1 N–H and O–H groups in total. The summed E-state index contributed by atoms with van der Waals surface area (Å²) in [6.45, 7) is 1.72. The summed E-state index contributed by atoms with van der Waals surface area (Å²) >= 11 is 0. The van der Waals surface area contributed by atoms with Crippen molar-refractivity contribution in [2.75, 3.05) is 13.1 Å². The van der Waals surface area contributed by atoms with Gasteiger partial charge in [-0.25, -0.2) is 4.79 Å². The van der Waals surface area contributed by atoms with Gasteiger partial charge < -0.3 is 5.32 Å². The van der Waals surface area contributed by atoms with Gasteiger partial charge in [0, 0.05) is 12.6 Å². The number of urea groups is 1. The predicted octanol–water partition coefficient (Wildman–Crippen LogP) is 1.37.